The van der Waals surface area contributed by atoms with E-state index in [0.717, 1.165) is 9.60 Å². The number of nitrogens with zero attached hydrogens (tertiary/aromatic N) is 2. The Kier molecular flexibility index (Phi) is 5.41. The Hall–Kier alpha value is -1.90. The molecule has 0 spiro atoms. The predicted molar refractivity (Wildman–Crippen MR) is 99.8 cm³/mol. The fourth-order valence-corrected chi connectivity index (χ4v) is 4.26. The van der Waals surface area contributed by atoms with Gasteiger partial charge in [0.15, 0.2) is 0 Å². The van der Waals surface area contributed by atoms with Gasteiger partial charge in [-0.1, -0.05) is 11.6 Å². The smallest absolute Gasteiger partial charge is 0.350 e. The minimum absolute atomic E-state index is 0.0120. The maximum absolute atomic E-state index is 13.3. The first kappa shape index (κ1) is 17.9. The van der Waals surface area contributed by atoms with Gasteiger partial charge < -0.3 is 10.1 Å². The van der Waals surface area contributed by atoms with Crippen molar-refractivity contribution in [2.24, 2.45) is 0 Å². The first-order valence-corrected chi connectivity index (χ1v) is 9.67. The zero-order valence-corrected chi connectivity index (χ0v) is 15.7. The minimum Gasteiger partial charge on any atom is -0.462 e. The monoisotopic (exact) mass is 397 g/mol. The molecular weight excluding hydrogens is 385 g/mol. The number of thioether (sulfide) groups is 1. The van der Waals surface area contributed by atoms with Crippen LogP contribution < -0.4 is 5.32 Å². The molecule has 5 nitrogen and oxygen atoms in total. The van der Waals surface area contributed by atoms with E-state index >= 15 is 0 Å². The van der Waals surface area contributed by atoms with E-state index in [9.17, 15) is 9.18 Å². The highest BCUT2D eigenvalue weighted by atomic mass is 35.5. The van der Waals surface area contributed by atoms with E-state index in [2.05, 4.69) is 15.3 Å². The fraction of sp³-hybridized carbons (Fsp3) is 0.188. The molecule has 0 aliphatic rings. The third-order valence-electron chi connectivity index (χ3n) is 3.29. The van der Waals surface area contributed by atoms with Crippen LogP contribution in [-0.2, 0) is 4.74 Å². The highest BCUT2D eigenvalue weighted by Gasteiger charge is 2.22. The van der Waals surface area contributed by atoms with Crippen LogP contribution in [0.5, 0.6) is 0 Å². The Labute approximate surface area is 156 Å². The van der Waals surface area contributed by atoms with Gasteiger partial charge in [0.25, 0.3) is 0 Å². The van der Waals surface area contributed by atoms with E-state index in [-0.39, 0.29) is 11.6 Å². The summed E-state index contributed by atoms with van der Waals surface area (Å²) in [6.45, 7) is 2.04. The Balaban J connectivity index is 2.09. The summed E-state index contributed by atoms with van der Waals surface area (Å²) in [5.74, 6) is -0.388. The van der Waals surface area contributed by atoms with E-state index in [1.807, 2.05) is 6.26 Å². The zero-order chi connectivity index (χ0) is 18.0. The second kappa shape index (κ2) is 7.55. The van der Waals surface area contributed by atoms with Gasteiger partial charge in [-0.2, -0.15) is 0 Å². The number of rotatable bonds is 5. The summed E-state index contributed by atoms with van der Waals surface area (Å²) in [6, 6.07) is 4.31. The Morgan fingerprint density at radius 1 is 1.44 bits per heavy atom. The third-order valence-corrected chi connectivity index (χ3v) is 5.86. The number of carbonyl (C=O) groups excluding carboxylic acids is 1. The highest BCUT2D eigenvalue weighted by Crippen LogP contribution is 2.40. The molecule has 0 saturated heterocycles. The molecule has 1 aromatic carbocycles. The van der Waals surface area contributed by atoms with E-state index in [4.69, 9.17) is 16.3 Å². The molecule has 130 valence electrons. The number of thiophene rings is 1. The molecule has 0 aliphatic heterocycles. The fourth-order valence-electron chi connectivity index (χ4n) is 2.23. The van der Waals surface area contributed by atoms with Crippen LogP contribution in [0.1, 0.15) is 16.6 Å². The number of hydrogen-bond donors (Lipinski definition) is 1. The largest absolute Gasteiger partial charge is 0.462 e. The number of esters is 1. The molecule has 0 atom stereocenters. The molecule has 0 saturated carbocycles. The van der Waals surface area contributed by atoms with Gasteiger partial charge in [-0.3, -0.25) is 0 Å². The SMILES string of the molecule is CCOC(=O)c1sc(SC)c2c(Nc3ccc(F)c(Cl)c3)ncnc12. The average molecular weight is 398 g/mol. The van der Waals surface area contributed by atoms with Crippen LogP contribution in [0.4, 0.5) is 15.9 Å². The van der Waals surface area contributed by atoms with Crippen molar-refractivity contribution in [3.63, 3.8) is 0 Å². The molecule has 0 amide bonds. The van der Waals surface area contributed by atoms with Gasteiger partial charge in [0.2, 0.25) is 0 Å². The zero-order valence-electron chi connectivity index (χ0n) is 13.3. The lowest BCUT2D eigenvalue weighted by Gasteiger charge is -2.08. The van der Waals surface area contributed by atoms with Gasteiger partial charge in [0.1, 0.15) is 28.4 Å². The Bertz CT molecular complexity index is 949. The van der Waals surface area contributed by atoms with Crippen LogP contribution in [0.2, 0.25) is 5.02 Å². The van der Waals surface area contributed by atoms with E-state index in [0.29, 0.717) is 21.9 Å². The van der Waals surface area contributed by atoms with E-state index < -0.39 is 11.8 Å². The van der Waals surface area contributed by atoms with Gasteiger partial charge in [-0.05, 0) is 31.4 Å². The van der Waals surface area contributed by atoms with Crippen molar-refractivity contribution in [3.8, 4) is 0 Å². The van der Waals surface area contributed by atoms with Crippen molar-refractivity contribution in [1.82, 2.24) is 9.97 Å². The second-order valence-electron chi connectivity index (χ2n) is 4.84. The third kappa shape index (κ3) is 3.56. The summed E-state index contributed by atoms with van der Waals surface area (Å²) in [4.78, 5) is 21.1. The van der Waals surface area contributed by atoms with Crippen LogP contribution in [0, 0.1) is 5.82 Å². The molecule has 2 aromatic heterocycles. The number of aromatic nitrogens is 2. The maximum atomic E-state index is 13.3. The number of carbonyl (C=O) groups is 1. The lowest BCUT2D eigenvalue weighted by molar-refractivity contribution is 0.0534. The summed E-state index contributed by atoms with van der Waals surface area (Å²) < 4.78 is 19.3. The van der Waals surface area contributed by atoms with Crippen LogP contribution in [-0.4, -0.2) is 28.8 Å². The first-order valence-electron chi connectivity index (χ1n) is 7.25. The van der Waals surface area contributed by atoms with Crippen molar-refractivity contribution >= 4 is 63.1 Å². The summed E-state index contributed by atoms with van der Waals surface area (Å²) in [6.07, 6.45) is 3.28. The molecule has 3 rings (SSSR count). The van der Waals surface area contributed by atoms with Crippen LogP contribution >= 0.6 is 34.7 Å². The average Bonchev–Trinajstić information content (AvgIpc) is 2.98. The lowest BCUT2D eigenvalue weighted by Crippen LogP contribution is -2.03. The second-order valence-corrected chi connectivity index (χ2v) is 7.35. The normalized spacial score (nSPS) is 10.9. The molecule has 0 radical (unpaired) electrons. The number of benzene rings is 1. The van der Waals surface area contributed by atoms with Crippen LogP contribution in [0.3, 0.4) is 0 Å². The summed E-state index contributed by atoms with van der Waals surface area (Å²) >= 11 is 8.63. The molecule has 0 bridgehead atoms. The molecule has 3 aromatic rings. The molecule has 0 fully saturated rings. The van der Waals surface area contributed by atoms with Gasteiger partial charge in [0.05, 0.1) is 21.2 Å². The number of halogens is 2. The predicted octanol–water partition coefficient (Wildman–Crippen LogP) is 5.13. The molecule has 0 unspecified atom stereocenters. The summed E-state index contributed by atoms with van der Waals surface area (Å²) in [5, 5.41) is 3.85. The Morgan fingerprint density at radius 2 is 2.24 bits per heavy atom. The standard InChI is InChI=1S/C16H13ClFN3O2S2/c1-3-23-15(22)13-12-11(16(24-2)25-13)14(20-7-19-12)21-8-4-5-10(18)9(17)6-8/h4-7H,3H2,1-2H3,(H,19,20,21). The summed E-state index contributed by atoms with van der Waals surface area (Å²) in [7, 11) is 0. The van der Waals surface area contributed by atoms with Crippen LogP contribution in [0.25, 0.3) is 10.9 Å². The number of hydrogen-bond acceptors (Lipinski definition) is 7. The topological polar surface area (TPSA) is 64.1 Å². The first-order chi connectivity index (χ1) is 12.0. The number of anilines is 2. The molecule has 9 heteroatoms. The number of nitrogens with one attached hydrogen (secondary N) is 1. The minimum atomic E-state index is -0.495. The van der Waals surface area contributed by atoms with Gasteiger partial charge in [-0.15, -0.1) is 23.1 Å². The van der Waals surface area contributed by atoms with Crippen molar-refractivity contribution in [1.29, 1.82) is 0 Å². The lowest BCUT2D eigenvalue weighted by atomic mass is 10.2. The number of fused-ring (bicyclic) bond motifs is 1. The van der Waals surface area contributed by atoms with E-state index in [1.54, 1.807) is 13.0 Å². The van der Waals surface area contributed by atoms with Crippen molar-refractivity contribution in [3.05, 3.63) is 40.2 Å². The van der Waals surface area contributed by atoms with Crippen molar-refractivity contribution < 1.29 is 13.9 Å². The number of ether oxygens (including phenoxy) is 1. The molecule has 1 N–H and O–H groups in total. The molecule has 2 heterocycles. The van der Waals surface area contributed by atoms with Gasteiger partial charge in [-0.25, -0.2) is 19.2 Å². The molecular formula is C16H13ClFN3O2S2. The highest BCUT2D eigenvalue weighted by molar-refractivity contribution is 8.00. The Morgan fingerprint density at radius 3 is 2.92 bits per heavy atom. The summed E-state index contributed by atoms with van der Waals surface area (Å²) in [5.41, 5.74) is 1.11. The van der Waals surface area contributed by atoms with Gasteiger partial charge in [0, 0.05) is 5.69 Å². The quantitative estimate of drug-likeness (QED) is 0.475. The molecule has 25 heavy (non-hydrogen) atoms. The molecule has 0 aliphatic carbocycles. The maximum Gasteiger partial charge on any atom is 0.350 e. The van der Waals surface area contributed by atoms with Crippen molar-refractivity contribution in [2.45, 2.75) is 11.1 Å². The van der Waals surface area contributed by atoms with E-state index in [1.165, 1.54) is 41.6 Å². The van der Waals surface area contributed by atoms with Gasteiger partial charge >= 0.3 is 5.97 Å². The van der Waals surface area contributed by atoms with Crippen molar-refractivity contribution in [2.75, 3.05) is 18.2 Å². The van der Waals surface area contributed by atoms with Crippen LogP contribution in [0.15, 0.2) is 28.7 Å².